The molecule has 2 bridgehead atoms. The van der Waals surface area contributed by atoms with Crippen molar-refractivity contribution in [3.05, 3.63) is 72.9 Å². The summed E-state index contributed by atoms with van der Waals surface area (Å²) < 4.78 is 17.6. The van der Waals surface area contributed by atoms with Crippen molar-refractivity contribution in [2.45, 2.75) is 88.8 Å². The fraction of sp³-hybridized carbons (Fsp3) is 0.552. The summed E-state index contributed by atoms with van der Waals surface area (Å²) in [6.07, 6.45) is 24.7. The van der Waals surface area contributed by atoms with Crippen LogP contribution in [0.25, 0.3) is 0 Å². The number of carbonyl (C=O) groups excluding carboxylic acids is 1. The first-order valence-electron chi connectivity index (χ1n) is 12.6. The second-order valence-electron chi connectivity index (χ2n) is 9.63. The number of aliphatic hydroxyl groups excluding tert-OH is 1. The van der Waals surface area contributed by atoms with E-state index in [1.807, 2.05) is 30.4 Å². The van der Waals surface area contributed by atoms with E-state index in [-0.39, 0.29) is 30.4 Å². The summed E-state index contributed by atoms with van der Waals surface area (Å²) in [7, 11) is 0. The third kappa shape index (κ3) is 9.96. The van der Waals surface area contributed by atoms with Crippen LogP contribution in [0.2, 0.25) is 0 Å². The van der Waals surface area contributed by atoms with Gasteiger partial charge in [-0.15, -0.1) is 0 Å². The molecule has 0 spiro atoms. The summed E-state index contributed by atoms with van der Waals surface area (Å²) in [6, 6.07) is 0. The van der Waals surface area contributed by atoms with Gasteiger partial charge in [0, 0.05) is 18.9 Å². The lowest BCUT2D eigenvalue weighted by Gasteiger charge is -2.28. The molecule has 0 saturated heterocycles. The van der Waals surface area contributed by atoms with E-state index in [0.717, 1.165) is 31.3 Å². The van der Waals surface area contributed by atoms with Gasteiger partial charge >= 0.3 is 5.97 Å². The van der Waals surface area contributed by atoms with Crippen LogP contribution < -0.4 is 0 Å². The smallest absolute Gasteiger partial charge is 0.330 e. The summed E-state index contributed by atoms with van der Waals surface area (Å²) in [5, 5.41) is 10.4. The van der Waals surface area contributed by atoms with Gasteiger partial charge in [0.2, 0.25) is 0 Å². The Morgan fingerprint density at radius 1 is 1.06 bits per heavy atom. The van der Waals surface area contributed by atoms with Gasteiger partial charge in [-0.25, -0.2) is 4.79 Å². The molecule has 5 nitrogen and oxygen atoms in total. The van der Waals surface area contributed by atoms with Crippen LogP contribution in [0.5, 0.6) is 0 Å². The van der Waals surface area contributed by atoms with Crippen LogP contribution in [0.3, 0.4) is 0 Å². The Kier molecular flexibility index (Phi) is 11.1. The minimum atomic E-state index is -0.592. The molecule has 3 rings (SSSR count). The van der Waals surface area contributed by atoms with E-state index in [2.05, 4.69) is 31.7 Å². The highest BCUT2D eigenvalue weighted by Gasteiger charge is 2.21. The van der Waals surface area contributed by atoms with Gasteiger partial charge in [0.1, 0.15) is 6.10 Å². The van der Waals surface area contributed by atoms with Gasteiger partial charge in [-0.1, -0.05) is 73.8 Å². The Balaban J connectivity index is 1.65. The summed E-state index contributed by atoms with van der Waals surface area (Å²) in [5.74, 6) is 0.0775. The van der Waals surface area contributed by atoms with Gasteiger partial charge in [-0.05, 0) is 44.4 Å². The first-order valence-corrected chi connectivity index (χ1v) is 12.6. The number of hydrogen-bond donors (Lipinski definition) is 1. The van der Waals surface area contributed by atoms with E-state index in [1.165, 1.54) is 6.08 Å². The number of ether oxygens (including phenoxy) is 3. The van der Waals surface area contributed by atoms with Crippen molar-refractivity contribution >= 4 is 5.97 Å². The van der Waals surface area contributed by atoms with Gasteiger partial charge in [-0.2, -0.15) is 0 Å². The predicted octanol–water partition coefficient (Wildman–Crippen LogP) is 5.53. The molecule has 0 saturated carbocycles. The maximum atomic E-state index is 12.5. The van der Waals surface area contributed by atoms with Gasteiger partial charge in [-0.3, -0.25) is 0 Å². The lowest BCUT2D eigenvalue weighted by molar-refractivity contribution is -0.142. The predicted molar refractivity (Wildman–Crippen MR) is 135 cm³/mol. The van der Waals surface area contributed by atoms with Crippen molar-refractivity contribution in [3.63, 3.8) is 0 Å². The Morgan fingerprint density at radius 3 is 2.74 bits per heavy atom. The molecule has 0 aromatic heterocycles. The van der Waals surface area contributed by atoms with Gasteiger partial charge < -0.3 is 19.3 Å². The fourth-order valence-corrected chi connectivity index (χ4v) is 4.63. The molecule has 5 heteroatoms. The second kappa shape index (κ2) is 14.2. The van der Waals surface area contributed by atoms with E-state index in [9.17, 15) is 9.90 Å². The molecule has 0 aliphatic carbocycles. The van der Waals surface area contributed by atoms with Crippen LogP contribution in [0.15, 0.2) is 72.9 Å². The van der Waals surface area contributed by atoms with Crippen LogP contribution in [-0.4, -0.2) is 48.2 Å². The van der Waals surface area contributed by atoms with Gasteiger partial charge in [0.15, 0.2) is 0 Å². The number of cyclic esters (lactones) is 1. The lowest BCUT2D eigenvalue weighted by Crippen LogP contribution is -2.25. The second-order valence-corrected chi connectivity index (χ2v) is 9.63. The molecule has 0 radical (unpaired) electrons. The Morgan fingerprint density at radius 2 is 1.91 bits per heavy atom. The molecule has 5 unspecified atom stereocenters. The molecule has 3 aliphatic heterocycles. The van der Waals surface area contributed by atoms with E-state index in [4.69, 9.17) is 14.2 Å². The monoisotopic (exact) mass is 468 g/mol. The highest BCUT2D eigenvalue weighted by atomic mass is 16.5. The van der Waals surface area contributed by atoms with Crippen LogP contribution >= 0.6 is 0 Å². The number of fused-ring (bicyclic) bond motifs is 2. The van der Waals surface area contributed by atoms with E-state index in [0.29, 0.717) is 38.2 Å². The number of esters is 1. The zero-order valence-corrected chi connectivity index (χ0v) is 20.4. The van der Waals surface area contributed by atoms with Crippen molar-refractivity contribution in [2.24, 2.45) is 5.92 Å². The Hall–Kier alpha value is -2.21. The molecule has 0 amide bonds. The van der Waals surface area contributed by atoms with Gasteiger partial charge in [0.25, 0.3) is 0 Å². The van der Waals surface area contributed by atoms with Crippen molar-refractivity contribution in [2.75, 3.05) is 6.61 Å². The Labute approximate surface area is 204 Å². The summed E-state index contributed by atoms with van der Waals surface area (Å²) in [4.78, 5) is 12.5. The molecule has 3 aliphatic rings. The molecule has 34 heavy (non-hydrogen) atoms. The summed E-state index contributed by atoms with van der Waals surface area (Å²) >= 11 is 0. The summed E-state index contributed by atoms with van der Waals surface area (Å²) in [5.41, 5.74) is 1.05. The molecule has 0 aromatic carbocycles. The maximum Gasteiger partial charge on any atom is 0.330 e. The molecular weight excluding hydrogens is 428 g/mol. The first kappa shape index (κ1) is 26.4. The van der Waals surface area contributed by atoms with E-state index in [1.54, 1.807) is 6.08 Å². The molecule has 0 fully saturated rings. The van der Waals surface area contributed by atoms with Crippen molar-refractivity contribution in [3.8, 4) is 0 Å². The van der Waals surface area contributed by atoms with Crippen molar-refractivity contribution in [1.82, 2.24) is 0 Å². The van der Waals surface area contributed by atoms with Crippen LogP contribution in [0.4, 0.5) is 0 Å². The molecular formula is C29H40O5. The third-order valence-electron chi connectivity index (χ3n) is 6.27. The standard InChI is InChI=1S/C29H40O5/c1-22-19-23(2)21-28-16-7-13-26(33-28)15-8-17-29(31)34-27(12-5-9-24(30)20-22)14-6-11-25-10-3-4-18-32-25/h3-9,11,13,17,23-28,30H,1,10,12,14-16,18-21H2,2H3/b9-5+,11-6+,17-8-/t23?,24?,25?,26-,27?,28?/m0/s1. The Bertz CT molecular complexity index is 805. The number of rotatable bonds is 3. The minimum absolute atomic E-state index is 0.0230. The maximum absolute atomic E-state index is 12.5. The van der Waals surface area contributed by atoms with E-state index >= 15 is 0 Å². The molecule has 0 aromatic rings. The van der Waals surface area contributed by atoms with Crippen LogP contribution in [0.1, 0.15) is 58.3 Å². The van der Waals surface area contributed by atoms with Crippen LogP contribution in [-0.2, 0) is 19.0 Å². The SMILES string of the molecule is C=C1CC(O)/C=C/CC(C/C=C/C2CC=CCO2)OC(=O)/C=C\C[C@@H]2C=CCC(CC(C)C1)O2. The molecule has 1 N–H and O–H groups in total. The lowest BCUT2D eigenvalue weighted by atomic mass is 9.91. The quantitative estimate of drug-likeness (QED) is 0.436. The highest BCUT2D eigenvalue weighted by Crippen LogP contribution is 2.25. The fourth-order valence-electron chi connectivity index (χ4n) is 4.63. The zero-order valence-electron chi connectivity index (χ0n) is 20.4. The molecule has 6 atom stereocenters. The largest absolute Gasteiger partial charge is 0.459 e. The first-order chi connectivity index (χ1) is 16.5. The number of hydrogen-bond acceptors (Lipinski definition) is 5. The summed E-state index contributed by atoms with van der Waals surface area (Å²) in [6.45, 7) is 7.02. The number of aliphatic hydroxyl groups is 1. The van der Waals surface area contributed by atoms with Gasteiger partial charge in [0.05, 0.1) is 31.0 Å². The van der Waals surface area contributed by atoms with Crippen molar-refractivity contribution in [1.29, 1.82) is 0 Å². The zero-order chi connectivity index (χ0) is 24.2. The average molecular weight is 469 g/mol. The third-order valence-corrected chi connectivity index (χ3v) is 6.27. The number of carbonyl (C=O) groups is 1. The normalized spacial score (nSPS) is 35.9. The van der Waals surface area contributed by atoms with Crippen LogP contribution in [0, 0.1) is 5.92 Å². The highest BCUT2D eigenvalue weighted by molar-refractivity contribution is 5.82. The minimum Gasteiger partial charge on any atom is -0.459 e. The average Bonchev–Trinajstić information content (AvgIpc) is 2.79. The van der Waals surface area contributed by atoms with E-state index < -0.39 is 6.10 Å². The molecule has 186 valence electrons. The molecule has 3 heterocycles. The topological polar surface area (TPSA) is 65.0 Å². The van der Waals surface area contributed by atoms with Crippen molar-refractivity contribution < 1.29 is 24.1 Å².